The van der Waals surface area contributed by atoms with Gasteiger partial charge in [-0.1, -0.05) is 6.92 Å². The average molecular weight is 215 g/mol. The second kappa shape index (κ2) is 7.17. The first kappa shape index (κ1) is 12.9. The van der Waals surface area contributed by atoms with Gasteiger partial charge in [0.2, 0.25) is 0 Å². The summed E-state index contributed by atoms with van der Waals surface area (Å²) in [7, 11) is 2.08. The van der Waals surface area contributed by atoms with E-state index in [1.807, 2.05) is 6.92 Å². The van der Waals surface area contributed by atoms with Crippen LogP contribution in [0.5, 0.6) is 0 Å². The maximum Gasteiger partial charge on any atom is 0.0664 e. The fourth-order valence-corrected chi connectivity index (χ4v) is 1.83. The van der Waals surface area contributed by atoms with Crippen molar-refractivity contribution in [2.75, 3.05) is 52.9 Å². The highest BCUT2D eigenvalue weighted by Gasteiger charge is 2.11. The molecular formula is C11H25N3O. The Morgan fingerprint density at radius 1 is 1.40 bits per heavy atom. The number of nitrogens with zero attached hydrogens (tertiary/aromatic N) is 2. The standard InChI is InChI=1S/C11H25N3O/c1-3-11(15)10-13(2)8-9-14-6-4-12-5-7-14/h11-12,15H,3-10H2,1-2H3. The first-order chi connectivity index (χ1) is 7.22. The van der Waals surface area contributed by atoms with Crippen LogP contribution in [0.2, 0.25) is 0 Å². The third kappa shape index (κ3) is 5.47. The van der Waals surface area contributed by atoms with Gasteiger partial charge in [0.15, 0.2) is 0 Å². The number of aliphatic hydroxyl groups excluding tert-OH is 1. The molecule has 1 atom stereocenters. The SMILES string of the molecule is CCC(O)CN(C)CCN1CCNCC1. The lowest BCUT2D eigenvalue weighted by Gasteiger charge is -2.29. The van der Waals surface area contributed by atoms with Crippen molar-refractivity contribution in [3.63, 3.8) is 0 Å². The second-order valence-corrected chi connectivity index (χ2v) is 4.42. The van der Waals surface area contributed by atoms with Gasteiger partial charge in [0.1, 0.15) is 0 Å². The fraction of sp³-hybridized carbons (Fsp3) is 1.00. The van der Waals surface area contributed by atoms with Crippen LogP contribution >= 0.6 is 0 Å². The molecule has 15 heavy (non-hydrogen) atoms. The van der Waals surface area contributed by atoms with E-state index in [1.165, 1.54) is 0 Å². The van der Waals surface area contributed by atoms with E-state index in [2.05, 4.69) is 22.2 Å². The number of nitrogens with one attached hydrogen (secondary N) is 1. The van der Waals surface area contributed by atoms with E-state index in [4.69, 9.17) is 0 Å². The van der Waals surface area contributed by atoms with E-state index in [1.54, 1.807) is 0 Å². The van der Waals surface area contributed by atoms with Crippen LogP contribution in [-0.4, -0.2) is 73.9 Å². The minimum absolute atomic E-state index is 0.168. The van der Waals surface area contributed by atoms with E-state index < -0.39 is 0 Å². The zero-order valence-corrected chi connectivity index (χ0v) is 10.1. The van der Waals surface area contributed by atoms with Gasteiger partial charge in [0, 0.05) is 45.8 Å². The number of likely N-dealkylation sites (N-methyl/N-ethyl adjacent to an activating group) is 1. The molecule has 1 unspecified atom stereocenters. The van der Waals surface area contributed by atoms with Crippen molar-refractivity contribution < 1.29 is 5.11 Å². The lowest BCUT2D eigenvalue weighted by atomic mass is 10.2. The number of hydrogen-bond acceptors (Lipinski definition) is 4. The van der Waals surface area contributed by atoms with Gasteiger partial charge in [-0.25, -0.2) is 0 Å². The van der Waals surface area contributed by atoms with Gasteiger partial charge in [-0.2, -0.15) is 0 Å². The Morgan fingerprint density at radius 2 is 2.07 bits per heavy atom. The van der Waals surface area contributed by atoms with Crippen molar-refractivity contribution >= 4 is 0 Å². The lowest BCUT2D eigenvalue weighted by Crippen LogP contribution is -2.46. The smallest absolute Gasteiger partial charge is 0.0664 e. The summed E-state index contributed by atoms with van der Waals surface area (Å²) in [5, 5.41) is 12.8. The molecule has 0 bridgehead atoms. The molecule has 0 radical (unpaired) electrons. The third-order valence-electron chi connectivity index (χ3n) is 3.00. The molecule has 0 aromatic carbocycles. The van der Waals surface area contributed by atoms with Crippen molar-refractivity contribution in [3.8, 4) is 0 Å². The highest BCUT2D eigenvalue weighted by Crippen LogP contribution is 1.96. The van der Waals surface area contributed by atoms with Gasteiger partial charge in [0.05, 0.1) is 6.10 Å². The van der Waals surface area contributed by atoms with Gasteiger partial charge in [-0.05, 0) is 13.5 Å². The van der Waals surface area contributed by atoms with Crippen molar-refractivity contribution in [1.29, 1.82) is 0 Å². The molecule has 0 saturated carbocycles. The molecule has 2 N–H and O–H groups in total. The van der Waals surface area contributed by atoms with Gasteiger partial charge in [0.25, 0.3) is 0 Å². The quantitative estimate of drug-likeness (QED) is 0.632. The van der Waals surface area contributed by atoms with Gasteiger partial charge in [-0.3, -0.25) is 4.90 Å². The van der Waals surface area contributed by atoms with Crippen LogP contribution in [0.15, 0.2) is 0 Å². The van der Waals surface area contributed by atoms with Crippen molar-refractivity contribution in [3.05, 3.63) is 0 Å². The highest BCUT2D eigenvalue weighted by atomic mass is 16.3. The van der Waals surface area contributed by atoms with E-state index in [0.29, 0.717) is 0 Å². The Bertz CT molecular complexity index is 160. The molecule has 4 heteroatoms. The second-order valence-electron chi connectivity index (χ2n) is 4.42. The molecule has 0 aromatic rings. The van der Waals surface area contributed by atoms with E-state index in [-0.39, 0.29) is 6.10 Å². The Hall–Kier alpha value is -0.160. The van der Waals surface area contributed by atoms with Gasteiger partial charge >= 0.3 is 0 Å². The normalized spacial score (nSPS) is 20.8. The average Bonchev–Trinajstić information content (AvgIpc) is 2.27. The molecule has 0 aromatic heterocycles. The van der Waals surface area contributed by atoms with E-state index in [9.17, 15) is 5.11 Å². The molecule has 1 heterocycles. The molecular weight excluding hydrogens is 190 g/mol. The first-order valence-electron chi connectivity index (χ1n) is 6.02. The zero-order valence-electron chi connectivity index (χ0n) is 10.1. The summed E-state index contributed by atoms with van der Waals surface area (Å²) in [6.07, 6.45) is 0.677. The van der Waals surface area contributed by atoms with Crippen LogP contribution in [0.25, 0.3) is 0 Å². The topological polar surface area (TPSA) is 38.7 Å². The monoisotopic (exact) mass is 215 g/mol. The summed E-state index contributed by atoms with van der Waals surface area (Å²) in [6, 6.07) is 0. The fourth-order valence-electron chi connectivity index (χ4n) is 1.83. The first-order valence-corrected chi connectivity index (χ1v) is 6.02. The van der Waals surface area contributed by atoms with Crippen LogP contribution in [-0.2, 0) is 0 Å². The highest BCUT2D eigenvalue weighted by molar-refractivity contribution is 4.69. The Kier molecular flexibility index (Phi) is 6.17. The third-order valence-corrected chi connectivity index (χ3v) is 3.00. The minimum Gasteiger partial charge on any atom is -0.392 e. The number of aliphatic hydroxyl groups is 1. The zero-order chi connectivity index (χ0) is 11.1. The van der Waals surface area contributed by atoms with Crippen LogP contribution in [0.1, 0.15) is 13.3 Å². The van der Waals surface area contributed by atoms with Gasteiger partial charge < -0.3 is 15.3 Å². The number of hydrogen-bond donors (Lipinski definition) is 2. The van der Waals surface area contributed by atoms with Crippen molar-refractivity contribution in [1.82, 2.24) is 15.1 Å². The maximum absolute atomic E-state index is 9.50. The van der Waals surface area contributed by atoms with Crippen molar-refractivity contribution in [2.45, 2.75) is 19.4 Å². The summed E-state index contributed by atoms with van der Waals surface area (Å²) in [6.45, 7) is 9.53. The van der Waals surface area contributed by atoms with Crippen molar-refractivity contribution in [2.24, 2.45) is 0 Å². The minimum atomic E-state index is -0.168. The predicted molar refractivity (Wildman–Crippen MR) is 63.1 cm³/mol. The molecule has 0 amide bonds. The molecule has 1 fully saturated rings. The largest absolute Gasteiger partial charge is 0.392 e. The Morgan fingerprint density at radius 3 is 2.67 bits per heavy atom. The molecule has 0 aliphatic carbocycles. The lowest BCUT2D eigenvalue weighted by molar-refractivity contribution is 0.113. The summed E-state index contributed by atoms with van der Waals surface area (Å²) in [5.74, 6) is 0. The van der Waals surface area contributed by atoms with Gasteiger partial charge in [-0.15, -0.1) is 0 Å². The molecule has 1 saturated heterocycles. The van der Waals surface area contributed by atoms with Crippen LogP contribution in [0.3, 0.4) is 0 Å². The maximum atomic E-state index is 9.50. The molecule has 4 nitrogen and oxygen atoms in total. The molecule has 1 aliphatic rings. The summed E-state index contributed by atoms with van der Waals surface area (Å²) in [4.78, 5) is 4.70. The molecule has 1 aliphatic heterocycles. The van der Waals surface area contributed by atoms with Crippen LogP contribution < -0.4 is 5.32 Å². The van der Waals surface area contributed by atoms with E-state index in [0.717, 1.165) is 52.2 Å². The summed E-state index contributed by atoms with van der Waals surface area (Å²) in [5.41, 5.74) is 0. The van der Waals surface area contributed by atoms with E-state index >= 15 is 0 Å². The number of rotatable bonds is 6. The van der Waals surface area contributed by atoms with Crippen LogP contribution in [0.4, 0.5) is 0 Å². The molecule has 90 valence electrons. The molecule has 1 rings (SSSR count). The predicted octanol–water partition coefficient (Wildman–Crippen LogP) is -0.406. The molecule has 0 spiro atoms. The summed E-state index contributed by atoms with van der Waals surface area (Å²) < 4.78 is 0. The number of piperazine rings is 1. The van der Waals surface area contributed by atoms with Crippen LogP contribution in [0, 0.1) is 0 Å². The Balaban J connectivity index is 2.07. The Labute approximate surface area is 93.2 Å². The summed E-state index contributed by atoms with van der Waals surface area (Å²) >= 11 is 0.